The molecule has 27 heavy (non-hydrogen) atoms. The van der Waals surface area contributed by atoms with Gasteiger partial charge >= 0.3 is 0 Å². The number of hydrogen-bond acceptors (Lipinski definition) is 4. The van der Waals surface area contributed by atoms with E-state index in [4.69, 9.17) is 0 Å². The molecule has 6 heteroatoms. The molecule has 3 rings (SSSR count). The average Bonchev–Trinajstić information content (AvgIpc) is 2.68. The molecule has 1 fully saturated rings. The quantitative estimate of drug-likeness (QED) is 0.853. The van der Waals surface area contributed by atoms with Gasteiger partial charge < -0.3 is 10.2 Å². The second-order valence-electron chi connectivity index (χ2n) is 7.13. The largest absolute Gasteiger partial charge is 0.372 e. The summed E-state index contributed by atoms with van der Waals surface area (Å²) in [7, 11) is -3.22. The van der Waals surface area contributed by atoms with Crippen LogP contribution in [0.1, 0.15) is 48.1 Å². The van der Waals surface area contributed by atoms with Crippen LogP contribution in [0.25, 0.3) is 0 Å². The number of anilines is 1. The molecule has 2 aromatic rings. The average molecular weight is 387 g/mol. The molecule has 0 radical (unpaired) electrons. The summed E-state index contributed by atoms with van der Waals surface area (Å²) in [4.78, 5) is 15.2. The van der Waals surface area contributed by atoms with Crippen LogP contribution in [0.4, 0.5) is 5.69 Å². The van der Waals surface area contributed by atoms with Crippen LogP contribution in [0.5, 0.6) is 0 Å². The van der Waals surface area contributed by atoms with Crippen LogP contribution in [0.2, 0.25) is 0 Å². The lowest BCUT2D eigenvalue weighted by Crippen LogP contribution is -2.29. The summed E-state index contributed by atoms with van der Waals surface area (Å²) in [5, 5.41) is 2.97. The molecule has 2 aromatic carbocycles. The number of amides is 1. The smallest absolute Gasteiger partial charge is 0.251 e. The van der Waals surface area contributed by atoms with E-state index >= 15 is 0 Å². The third kappa shape index (κ3) is 4.89. The van der Waals surface area contributed by atoms with E-state index in [1.165, 1.54) is 25.5 Å². The summed E-state index contributed by atoms with van der Waals surface area (Å²) in [5.74, 6) is -0.139. The third-order valence-electron chi connectivity index (χ3n) is 5.01. The van der Waals surface area contributed by atoms with Crippen molar-refractivity contribution >= 4 is 21.4 Å². The van der Waals surface area contributed by atoms with Gasteiger partial charge in [-0.1, -0.05) is 12.1 Å². The zero-order valence-electron chi connectivity index (χ0n) is 15.8. The van der Waals surface area contributed by atoms with E-state index in [0.717, 1.165) is 24.3 Å². The fourth-order valence-electron chi connectivity index (χ4n) is 3.34. The molecular formula is C21H26N2O3S. The summed E-state index contributed by atoms with van der Waals surface area (Å²) < 4.78 is 23.1. The molecule has 0 spiro atoms. The van der Waals surface area contributed by atoms with Crippen molar-refractivity contribution in [1.29, 1.82) is 0 Å². The molecule has 5 nitrogen and oxygen atoms in total. The molecule has 1 amide bonds. The van der Waals surface area contributed by atoms with Crippen molar-refractivity contribution in [2.75, 3.05) is 24.2 Å². The number of piperidine rings is 1. The van der Waals surface area contributed by atoms with Crippen LogP contribution in [0.3, 0.4) is 0 Å². The van der Waals surface area contributed by atoms with Gasteiger partial charge in [-0.3, -0.25) is 4.79 Å². The molecule has 144 valence electrons. The first kappa shape index (κ1) is 19.4. The van der Waals surface area contributed by atoms with Gasteiger partial charge in [0.2, 0.25) is 0 Å². The van der Waals surface area contributed by atoms with Gasteiger partial charge in [0.15, 0.2) is 9.84 Å². The van der Waals surface area contributed by atoms with E-state index in [1.807, 2.05) is 31.2 Å². The van der Waals surface area contributed by atoms with Gasteiger partial charge in [-0.05, 0) is 68.1 Å². The Labute approximate surface area is 161 Å². The zero-order valence-corrected chi connectivity index (χ0v) is 16.6. The van der Waals surface area contributed by atoms with Crippen LogP contribution in [-0.2, 0) is 9.84 Å². The summed E-state index contributed by atoms with van der Waals surface area (Å²) in [5.41, 5.74) is 2.65. The molecule has 1 atom stereocenters. The maximum absolute atomic E-state index is 12.5. The highest BCUT2D eigenvalue weighted by atomic mass is 32.2. The van der Waals surface area contributed by atoms with Gasteiger partial charge in [0, 0.05) is 30.6 Å². The normalized spacial score (nSPS) is 16.0. The summed E-state index contributed by atoms with van der Waals surface area (Å²) >= 11 is 0. The number of carbonyl (C=O) groups is 1. The van der Waals surface area contributed by atoms with Gasteiger partial charge in [0.05, 0.1) is 10.9 Å². The van der Waals surface area contributed by atoms with Gasteiger partial charge in [0.1, 0.15) is 0 Å². The van der Waals surface area contributed by atoms with Crippen molar-refractivity contribution < 1.29 is 13.2 Å². The first-order valence-electron chi connectivity index (χ1n) is 9.30. The van der Waals surface area contributed by atoms with Crippen LogP contribution in [0.15, 0.2) is 53.4 Å². The second kappa shape index (κ2) is 8.13. The number of benzene rings is 2. The predicted octanol–water partition coefficient (Wildman–Crippen LogP) is 3.57. The van der Waals surface area contributed by atoms with E-state index in [2.05, 4.69) is 10.2 Å². The molecule has 1 saturated heterocycles. The van der Waals surface area contributed by atoms with Crippen molar-refractivity contribution in [3.8, 4) is 0 Å². The second-order valence-corrected chi connectivity index (χ2v) is 9.15. The van der Waals surface area contributed by atoms with Crippen LogP contribution in [-0.4, -0.2) is 33.7 Å². The SMILES string of the molecule is C[C@@H](NC(=O)c1ccc(N2CCCCC2)cc1)c1ccc(S(C)(=O)=O)cc1. The summed E-state index contributed by atoms with van der Waals surface area (Å²) in [6.07, 6.45) is 4.91. The highest BCUT2D eigenvalue weighted by Crippen LogP contribution is 2.21. The van der Waals surface area contributed by atoms with Crippen LogP contribution in [0, 0.1) is 0 Å². The Morgan fingerprint density at radius 3 is 2.11 bits per heavy atom. The summed E-state index contributed by atoms with van der Waals surface area (Å²) in [6.45, 7) is 4.04. The number of sulfone groups is 1. The Kier molecular flexibility index (Phi) is 5.85. The molecule has 1 heterocycles. The van der Waals surface area contributed by atoms with E-state index in [-0.39, 0.29) is 16.8 Å². The number of hydrogen-bond donors (Lipinski definition) is 1. The van der Waals surface area contributed by atoms with Crippen molar-refractivity contribution in [2.24, 2.45) is 0 Å². The highest BCUT2D eigenvalue weighted by Gasteiger charge is 2.15. The number of carbonyl (C=O) groups excluding carboxylic acids is 1. The lowest BCUT2D eigenvalue weighted by atomic mass is 10.1. The van der Waals surface area contributed by atoms with Gasteiger partial charge in [-0.25, -0.2) is 8.42 Å². The predicted molar refractivity (Wildman–Crippen MR) is 108 cm³/mol. The Balaban J connectivity index is 1.64. The molecule has 1 aliphatic rings. The Bertz CT molecular complexity index is 884. The van der Waals surface area contributed by atoms with E-state index < -0.39 is 9.84 Å². The Hall–Kier alpha value is -2.34. The minimum Gasteiger partial charge on any atom is -0.372 e. The number of nitrogens with one attached hydrogen (secondary N) is 1. The molecule has 0 aliphatic carbocycles. The minimum atomic E-state index is -3.22. The van der Waals surface area contributed by atoms with Gasteiger partial charge in [-0.2, -0.15) is 0 Å². The van der Waals surface area contributed by atoms with Crippen molar-refractivity contribution in [3.05, 3.63) is 59.7 Å². The lowest BCUT2D eigenvalue weighted by molar-refractivity contribution is 0.0940. The fraction of sp³-hybridized carbons (Fsp3) is 0.381. The third-order valence-corrected chi connectivity index (χ3v) is 6.14. The van der Waals surface area contributed by atoms with Crippen molar-refractivity contribution in [2.45, 2.75) is 37.1 Å². The molecule has 1 N–H and O–H groups in total. The standard InChI is InChI=1S/C21H26N2O3S/c1-16(17-8-12-20(13-9-17)27(2,25)26)22-21(24)18-6-10-19(11-7-18)23-14-4-3-5-15-23/h6-13,16H,3-5,14-15H2,1-2H3,(H,22,24)/t16-/m1/s1. The zero-order chi connectivity index (χ0) is 19.4. The minimum absolute atomic E-state index is 0.139. The first-order chi connectivity index (χ1) is 12.8. The van der Waals surface area contributed by atoms with Crippen LogP contribution >= 0.6 is 0 Å². The molecule has 0 bridgehead atoms. The fourth-order valence-corrected chi connectivity index (χ4v) is 3.97. The maximum atomic E-state index is 12.5. The van der Waals surface area contributed by atoms with E-state index in [1.54, 1.807) is 24.3 Å². The monoisotopic (exact) mass is 386 g/mol. The number of rotatable bonds is 5. The van der Waals surface area contributed by atoms with Gasteiger partial charge in [-0.15, -0.1) is 0 Å². The topological polar surface area (TPSA) is 66.5 Å². The van der Waals surface area contributed by atoms with Crippen molar-refractivity contribution in [1.82, 2.24) is 5.32 Å². The molecule has 1 aliphatic heterocycles. The lowest BCUT2D eigenvalue weighted by Gasteiger charge is -2.28. The molecule has 0 saturated carbocycles. The molecular weight excluding hydrogens is 360 g/mol. The molecule has 0 aromatic heterocycles. The van der Waals surface area contributed by atoms with Crippen LogP contribution < -0.4 is 10.2 Å². The highest BCUT2D eigenvalue weighted by molar-refractivity contribution is 7.90. The Morgan fingerprint density at radius 1 is 0.963 bits per heavy atom. The van der Waals surface area contributed by atoms with E-state index in [9.17, 15) is 13.2 Å². The molecule has 0 unspecified atom stereocenters. The first-order valence-corrected chi connectivity index (χ1v) is 11.2. The maximum Gasteiger partial charge on any atom is 0.251 e. The summed E-state index contributed by atoms with van der Waals surface area (Å²) in [6, 6.07) is 14.1. The van der Waals surface area contributed by atoms with Crippen molar-refractivity contribution in [3.63, 3.8) is 0 Å². The van der Waals surface area contributed by atoms with E-state index in [0.29, 0.717) is 5.56 Å². The number of nitrogens with zero attached hydrogens (tertiary/aromatic N) is 1. The Morgan fingerprint density at radius 2 is 1.56 bits per heavy atom. The van der Waals surface area contributed by atoms with Gasteiger partial charge in [0.25, 0.3) is 5.91 Å².